The Bertz CT molecular complexity index is 1540. The zero-order valence-electron chi connectivity index (χ0n) is 19.4. The number of furan rings is 1. The summed E-state index contributed by atoms with van der Waals surface area (Å²) in [5.41, 5.74) is 4.23. The summed E-state index contributed by atoms with van der Waals surface area (Å²) in [4.78, 5) is 56.2. The van der Waals surface area contributed by atoms with Crippen molar-refractivity contribution in [2.45, 2.75) is 6.61 Å². The van der Waals surface area contributed by atoms with Gasteiger partial charge in [0.25, 0.3) is 11.5 Å². The number of aromatic nitrogens is 2. The highest BCUT2D eigenvalue weighted by atomic mass is 32.2. The van der Waals surface area contributed by atoms with Crippen molar-refractivity contribution in [2.75, 3.05) is 16.4 Å². The van der Waals surface area contributed by atoms with Crippen LogP contribution < -0.4 is 26.6 Å². The predicted molar refractivity (Wildman–Crippen MR) is 133 cm³/mol. The lowest BCUT2D eigenvalue weighted by Gasteiger charge is -2.18. The van der Waals surface area contributed by atoms with Crippen LogP contribution >= 0.6 is 11.8 Å². The topological polar surface area (TPSA) is 142 Å². The summed E-state index contributed by atoms with van der Waals surface area (Å²) in [5.74, 6) is -1.63. The molecule has 1 aromatic carbocycles. The van der Waals surface area contributed by atoms with E-state index in [0.717, 1.165) is 20.9 Å². The number of ketones is 1. The fourth-order valence-corrected chi connectivity index (χ4v) is 4.31. The Balaban J connectivity index is 1.66. The van der Waals surface area contributed by atoms with Gasteiger partial charge in [-0.25, -0.2) is 9.79 Å². The van der Waals surface area contributed by atoms with Crippen LogP contribution in [0.25, 0.3) is 6.08 Å². The van der Waals surface area contributed by atoms with Gasteiger partial charge in [-0.05, 0) is 36.4 Å². The first kappa shape index (κ1) is 25.6. The normalized spacial score (nSPS) is 14.5. The number of benzene rings is 1. The maximum absolute atomic E-state index is 13.2. The quantitative estimate of drug-likeness (QED) is 0.361. The van der Waals surface area contributed by atoms with Crippen molar-refractivity contribution in [3.63, 3.8) is 0 Å². The molecule has 0 unspecified atom stereocenters. The maximum Gasteiger partial charge on any atom is 0.387 e. The van der Waals surface area contributed by atoms with Crippen LogP contribution in [0.5, 0.6) is 5.75 Å². The highest BCUT2D eigenvalue weighted by Gasteiger charge is 2.33. The molecule has 0 radical (unpaired) electrons. The summed E-state index contributed by atoms with van der Waals surface area (Å²) in [6.07, 6.45) is 2.82. The van der Waals surface area contributed by atoms with E-state index < -0.39 is 29.6 Å². The van der Waals surface area contributed by atoms with Crippen molar-refractivity contribution in [1.29, 1.82) is 0 Å². The summed E-state index contributed by atoms with van der Waals surface area (Å²) in [6, 6.07) is 8.51. The highest BCUT2D eigenvalue weighted by Crippen LogP contribution is 2.31. The number of nitrogens with zero attached hydrogens (tertiary/aromatic N) is 4. The maximum atomic E-state index is 13.2. The van der Waals surface area contributed by atoms with Gasteiger partial charge in [0.15, 0.2) is 11.0 Å². The van der Waals surface area contributed by atoms with Crippen molar-refractivity contribution in [3.05, 3.63) is 80.5 Å². The molecule has 0 fully saturated rings. The molecule has 0 saturated carbocycles. The van der Waals surface area contributed by atoms with Gasteiger partial charge in [-0.2, -0.15) is 8.78 Å². The van der Waals surface area contributed by atoms with Crippen LogP contribution in [0.15, 0.2) is 67.4 Å². The number of amides is 1. The molecule has 4 rings (SSSR count). The van der Waals surface area contributed by atoms with Crippen LogP contribution in [0.3, 0.4) is 0 Å². The number of ether oxygens (including phenoxy) is 1. The van der Waals surface area contributed by atoms with E-state index in [9.17, 15) is 28.0 Å². The second-order valence-corrected chi connectivity index (χ2v) is 8.57. The molecule has 2 N–H and O–H groups in total. The summed E-state index contributed by atoms with van der Waals surface area (Å²) in [5, 5.41) is 0.0823. The van der Waals surface area contributed by atoms with Crippen LogP contribution in [0.4, 0.5) is 20.3 Å². The lowest BCUT2D eigenvalue weighted by molar-refractivity contribution is -0.113. The number of nitrogens with two attached hydrogens (primary N) is 1. The molecule has 11 nitrogen and oxygen atoms in total. The van der Waals surface area contributed by atoms with Crippen molar-refractivity contribution in [3.8, 4) is 5.75 Å². The van der Waals surface area contributed by atoms with E-state index in [1.807, 2.05) is 0 Å². The Morgan fingerprint density at radius 2 is 1.86 bits per heavy atom. The summed E-state index contributed by atoms with van der Waals surface area (Å²) >= 11 is 0.850. The van der Waals surface area contributed by atoms with Gasteiger partial charge in [0.1, 0.15) is 28.6 Å². The van der Waals surface area contributed by atoms with E-state index in [1.165, 1.54) is 55.6 Å². The number of hydrogen-bond donors (Lipinski definition) is 1. The smallest absolute Gasteiger partial charge is 0.387 e. The zero-order valence-corrected chi connectivity index (χ0v) is 20.2. The first-order valence-electron chi connectivity index (χ1n) is 10.5. The van der Waals surface area contributed by atoms with E-state index in [1.54, 1.807) is 12.1 Å². The number of anilines is 2. The largest absolute Gasteiger partial charge is 0.465 e. The first-order valence-corrected chi connectivity index (χ1v) is 11.5. The third-order valence-electron chi connectivity index (χ3n) is 5.29. The van der Waals surface area contributed by atoms with Gasteiger partial charge < -0.3 is 14.9 Å². The molecule has 3 aromatic rings. The molecular weight excluding hydrogens is 512 g/mol. The lowest BCUT2D eigenvalue weighted by Crippen LogP contribution is -2.42. The standard InChI is InChI=1S/C23H19F2N5O6S/c1-28-18(26)17(20(33)29(2)23(28)34)16(31)11-37-22-27-15(10-14-4-3-9-35-14)19(32)30(22)12-5-7-13(8-6-12)36-21(24)25/h3-10,21H,11,26H2,1-2H3. The minimum atomic E-state index is -3.02. The molecule has 1 aliphatic rings. The van der Waals surface area contributed by atoms with Crippen LogP contribution in [0.1, 0.15) is 16.1 Å². The van der Waals surface area contributed by atoms with Crippen LogP contribution in [0, 0.1) is 0 Å². The van der Waals surface area contributed by atoms with Crippen molar-refractivity contribution < 1.29 is 27.5 Å². The molecule has 1 aliphatic heterocycles. The molecule has 37 heavy (non-hydrogen) atoms. The number of carbonyl (C=O) groups is 2. The molecule has 0 aliphatic carbocycles. The first-order chi connectivity index (χ1) is 17.6. The second-order valence-electron chi connectivity index (χ2n) is 7.63. The number of hydrogen-bond acceptors (Lipinski definition) is 9. The molecule has 0 saturated heterocycles. The van der Waals surface area contributed by atoms with Gasteiger partial charge >= 0.3 is 12.3 Å². The average molecular weight is 531 g/mol. The molecule has 2 aromatic heterocycles. The number of rotatable bonds is 7. The Labute approximate surface area is 211 Å². The van der Waals surface area contributed by atoms with Crippen LogP contribution in [-0.4, -0.2) is 38.4 Å². The van der Waals surface area contributed by atoms with Crippen LogP contribution in [0.2, 0.25) is 0 Å². The number of nitrogen functional groups attached to an aromatic ring is 1. The summed E-state index contributed by atoms with van der Waals surface area (Å²) in [7, 11) is 2.55. The number of thioether (sulfide) groups is 1. The third-order valence-corrected chi connectivity index (χ3v) is 6.23. The number of amidine groups is 1. The predicted octanol–water partition coefficient (Wildman–Crippen LogP) is 2.22. The molecule has 14 heteroatoms. The van der Waals surface area contributed by atoms with Crippen molar-refractivity contribution in [1.82, 2.24) is 9.13 Å². The lowest BCUT2D eigenvalue weighted by atomic mass is 10.2. The molecule has 0 spiro atoms. The van der Waals surface area contributed by atoms with Gasteiger partial charge in [0, 0.05) is 20.2 Å². The average Bonchev–Trinajstić information content (AvgIpc) is 3.48. The van der Waals surface area contributed by atoms with E-state index >= 15 is 0 Å². The Kier molecular flexibility index (Phi) is 7.11. The van der Waals surface area contributed by atoms with E-state index in [0.29, 0.717) is 5.76 Å². The van der Waals surface area contributed by atoms with E-state index in [2.05, 4.69) is 9.73 Å². The SMILES string of the molecule is Cn1c(N)c(C(=O)CSC2=NC(=Cc3ccco3)C(=O)N2c2ccc(OC(F)F)cc2)c(=O)n(C)c1=O. The fraction of sp³-hybridized carbons (Fsp3) is 0.174. The zero-order chi connectivity index (χ0) is 26.9. The highest BCUT2D eigenvalue weighted by molar-refractivity contribution is 8.14. The van der Waals surface area contributed by atoms with E-state index in [4.69, 9.17) is 10.2 Å². The summed E-state index contributed by atoms with van der Waals surface area (Å²) < 4.78 is 36.4. The van der Waals surface area contributed by atoms with Gasteiger partial charge in [0.05, 0.1) is 17.7 Å². The molecule has 192 valence electrons. The summed E-state index contributed by atoms with van der Waals surface area (Å²) in [6.45, 7) is -3.02. The van der Waals surface area contributed by atoms with Crippen LogP contribution in [-0.2, 0) is 18.9 Å². The molecule has 0 bridgehead atoms. The third kappa shape index (κ3) is 5.09. The minimum Gasteiger partial charge on any atom is -0.465 e. The number of aliphatic imine (C=N–C) groups is 1. The second kappa shape index (κ2) is 10.3. The van der Waals surface area contributed by atoms with Gasteiger partial charge in [-0.1, -0.05) is 11.8 Å². The molecule has 0 atom stereocenters. The van der Waals surface area contributed by atoms with E-state index in [-0.39, 0.29) is 39.4 Å². The number of Topliss-reactive ketones (excluding diaryl/α,β-unsaturated/α-hetero) is 1. The Morgan fingerprint density at radius 1 is 1.16 bits per heavy atom. The Morgan fingerprint density at radius 3 is 2.49 bits per heavy atom. The number of alkyl halides is 2. The monoisotopic (exact) mass is 531 g/mol. The molecule has 3 heterocycles. The van der Waals surface area contributed by atoms with Crippen molar-refractivity contribution >= 4 is 46.2 Å². The minimum absolute atomic E-state index is 0.00431. The van der Waals surface area contributed by atoms with Crippen molar-refractivity contribution in [2.24, 2.45) is 19.1 Å². The van der Waals surface area contributed by atoms with Gasteiger partial charge in [-0.3, -0.25) is 28.4 Å². The number of carbonyl (C=O) groups excluding carboxylic acids is 2. The van der Waals surface area contributed by atoms with Gasteiger partial charge in [0.2, 0.25) is 0 Å². The number of halogens is 2. The Hall–Kier alpha value is -4.46. The van der Waals surface area contributed by atoms with Gasteiger partial charge in [-0.15, -0.1) is 0 Å². The fourth-order valence-electron chi connectivity index (χ4n) is 3.43. The molecular formula is C23H19F2N5O6S. The molecule has 1 amide bonds.